The van der Waals surface area contributed by atoms with Crippen molar-refractivity contribution in [3.8, 4) is 28.7 Å². The van der Waals surface area contributed by atoms with E-state index in [-0.39, 0.29) is 6.04 Å². The normalized spacial score (nSPS) is 19.5. The molecule has 0 amide bonds. The first-order valence-corrected chi connectivity index (χ1v) is 8.79. The van der Waals surface area contributed by atoms with Gasteiger partial charge in [-0.3, -0.25) is 4.98 Å². The number of anilines is 1. The van der Waals surface area contributed by atoms with Crippen LogP contribution in [-0.4, -0.2) is 31.3 Å². The van der Waals surface area contributed by atoms with Crippen LogP contribution in [0.1, 0.15) is 31.2 Å². The van der Waals surface area contributed by atoms with Crippen molar-refractivity contribution in [3.05, 3.63) is 36.2 Å². The van der Waals surface area contributed by atoms with Crippen LogP contribution in [0, 0.1) is 11.3 Å². The van der Waals surface area contributed by atoms with E-state index in [2.05, 4.69) is 16.4 Å². The Balaban J connectivity index is 1.98. The van der Waals surface area contributed by atoms with Gasteiger partial charge in [-0.1, -0.05) is 6.07 Å². The van der Waals surface area contributed by atoms with E-state index in [0.29, 0.717) is 23.1 Å². The zero-order valence-corrected chi connectivity index (χ0v) is 15.2. The summed E-state index contributed by atoms with van der Waals surface area (Å²) in [5.41, 5.74) is 9.15. The van der Waals surface area contributed by atoms with Crippen LogP contribution >= 0.6 is 0 Å². The van der Waals surface area contributed by atoms with Crippen LogP contribution in [0.2, 0.25) is 0 Å². The van der Waals surface area contributed by atoms with E-state index < -0.39 is 0 Å². The minimum Gasteiger partial charge on any atom is -0.493 e. The van der Waals surface area contributed by atoms with Crippen molar-refractivity contribution < 1.29 is 9.47 Å². The Morgan fingerprint density at radius 3 is 2.50 bits per heavy atom. The number of benzene rings is 1. The van der Waals surface area contributed by atoms with Gasteiger partial charge in [-0.2, -0.15) is 5.26 Å². The molecule has 0 radical (unpaired) electrons. The Labute approximate surface area is 153 Å². The molecule has 3 rings (SSSR count). The van der Waals surface area contributed by atoms with Gasteiger partial charge < -0.3 is 20.5 Å². The van der Waals surface area contributed by atoms with Crippen LogP contribution in [0.15, 0.2) is 30.6 Å². The van der Waals surface area contributed by atoms with E-state index in [9.17, 15) is 5.26 Å². The van der Waals surface area contributed by atoms with Crippen LogP contribution in [0.5, 0.6) is 11.5 Å². The topological polar surface area (TPSA) is 93.2 Å². The van der Waals surface area contributed by atoms with Crippen molar-refractivity contribution >= 4 is 5.69 Å². The molecule has 6 nitrogen and oxygen atoms in total. The molecule has 136 valence electrons. The van der Waals surface area contributed by atoms with Gasteiger partial charge in [0.05, 0.1) is 25.5 Å². The number of aromatic nitrogens is 1. The lowest BCUT2D eigenvalue weighted by Crippen LogP contribution is -2.33. The first-order chi connectivity index (χ1) is 12.7. The van der Waals surface area contributed by atoms with Crippen LogP contribution < -0.4 is 20.5 Å². The fourth-order valence-electron chi connectivity index (χ4n) is 3.39. The average molecular weight is 352 g/mol. The summed E-state index contributed by atoms with van der Waals surface area (Å²) in [7, 11) is 3.21. The largest absolute Gasteiger partial charge is 0.493 e. The number of nitrogens with two attached hydrogens (primary N) is 1. The molecule has 1 aliphatic carbocycles. The molecule has 1 aromatic heterocycles. The third-order valence-corrected chi connectivity index (χ3v) is 4.88. The number of ether oxygens (including phenoxy) is 2. The molecule has 1 aromatic carbocycles. The minimum atomic E-state index is 0.284. The third kappa shape index (κ3) is 3.73. The zero-order chi connectivity index (χ0) is 18.5. The van der Waals surface area contributed by atoms with Gasteiger partial charge in [-0.25, -0.2) is 0 Å². The van der Waals surface area contributed by atoms with Crippen LogP contribution in [0.3, 0.4) is 0 Å². The molecule has 2 aromatic rings. The first kappa shape index (κ1) is 18.0. The summed E-state index contributed by atoms with van der Waals surface area (Å²) in [6, 6.07) is 8.55. The molecule has 26 heavy (non-hydrogen) atoms. The highest BCUT2D eigenvalue weighted by Gasteiger charge is 2.21. The molecule has 1 saturated carbocycles. The van der Waals surface area contributed by atoms with Gasteiger partial charge >= 0.3 is 0 Å². The van der Waals surface area contributed by atoms with Crippen LogP contribution in [0.25, 0.3) is 11.1 Å². The van der Waals surface area contributed by atoms with Crippen molar-refractivity contribution in [2.75, 3.05) is 19.5 Å². The van der Waals surface area contributed by atoms with E-state index in [1.165, 1.54) is 0 Å². The molecule has 3 N–H and O–H groups in total. The van der Waals surface area contributed by atoms with E-state index in [4.69, 9.17) is 15.2 Å². The molecular formula is C20H24N4O2. The highest BCUT2D eigenvalue weighted by Crippen LogP contribution is 2.37. The summed E-state index contributed by atoms with van der Waals surface area (Å²) < 4.78 is 10.7. The summed E-state index contributed by atoms with van der Waals surface area (Å²) in [6.07, 6.45) is 7.37. The maximum absolute atomic E-state index is 9.55. The number of methoxy groups -OCH3 is 2. The third-order valence-electron chi connectivity index (χ3n) is 4.88. The SMILES string of the molecule is COc1ccc(-c2cncc(C#N)c2NC2CCC(N)CC2)cc1OC. The van der Waals surface area contributed by atoms with Crippen molar-refractivity contribution in [1.29, 1.82) is 5.26 Å². The summed E-state index contributed by atoms with van der Waals surface area (Å²) in [5, 5.41) is 13.1. The number of pyridine rings is 1. The van der Waals surface area contributed by atoms with Gasteiger partial charge in [0.2, 0.25) is 0 Å². The van der Waals surface area contributed by atoms with Gasteiger partial charge in [0.25, 0.3) is 0 Å². The van der Waals surface area contributed by atoms with E-state index in [0.717, 1.165) is 42.5 Å². The summed E-state index contributed by atoms with van der Waals surface area (Å²) in [4.78, 5) is 4.24. The van der Waals surface area contributed by atoms with Gasteiger partial charge in [-0.15, -0.1) is 0 Å². The molecule has 0 bridgehead atoms. The Hall–Kier alpha value is -2.78. The quantitative estimate of drug-likeness (QED) is 0.857. The maximum Gasteiger partial charge on any atom is 0.161 e. The van der Waals surface area contributed by atoms with Crippen molar-refractivity contribution in [1.82, 2.24) is 4.98 Å². The number of nitrogens with zero attached hydrogens (tertiary/aromatic N) is 2. The smallest absolute Gasteiger partial charge is 0.161 e. The lowest BCUT2D eigenvalue weighted by Gasteiger charge is -2.28. The van der Waals surface area contributed by atoms with Crippen molar-refractivity contribution in [2.24, 2.45) is 5.73 Å². The molecule has 1 heterocycles. The Morgan fingerprint density at radius 2 is 1.85 bits per heavy atom. The second-order valence-corrected chi connectivity index (χ2v) is 6.55. The predicted molar refractivity (Wildman–Crippen MR) is 101 cm³/mol. The van der Waals surface area contributed by atoms with E-state index in [1.54, 1.807) is 26.6 Å². The fourth-order valence-corrected chi connectivity index (χ4v) is 3.39. The number of hydrogen-bond acceptors (Lipinski definition) is 6. The molecule has 0 unspecified atom stereocenters. The van der Waals surface area contributed by atoms with Crippen LogP contribution in [-0.2, 0) is 0 Å². The second-order valence-electron chi connectivity index (χ2n) is 6.55. The zero-order valence-electron chi connectivity index (χ0n) is 15.2. The Bertz CT molecular complexity index is 808. The molecule has 1 aliphatic rings. The standard InChI is InChI=1S/C20H24N4O2/c1-25-18-8-3-13(9-19(18)26-2)17-12-23-11-14(10-21)20(17)24-16-6-4-15(22)5-7-16/h3,8-9,11-12,15-16H,4-7,22H2,1-2H3,(H,23,24). The molecular weight excluding hydrogens is 328 g/mol. The summed E-state index contributed by atoms with van der Waals surface area (Å²) >= 11 is 0. The van der Waals surface area contributed by atoms with Gasteiger partial charge in [0, 0.05) is 30.0 Å². The van der Waals surface area contributed by atoms with Gasteiger partial charge in [-0.05, 0) is 43.4 Å². The van der Waals surface area contributed by atoms with Gasteiger partial charge in [0.15, 0.2) is 11.5 Å². The maximum atomic E-state index is 9.55. The fraction of sp³-hybridized carbons (Fsp3) is 0.400. The second kappa shape index (κ2) is 8.07. The van der Waals surface area contributed by atoms with Crippen molar-refractivity contribution in [3.63, 3.8) is 0 Å². The lowest BCUT2D eigenvalue weighted by atomic mass is 9.91. The van der Waals surface area contributed by atoms with E-state index >= 15 is 0 Å². The highest BCUT2D eigenvalue weighted by molar-refractivity contribution is 5.82. The molecule has 0 atom stereocenters. The first-order valence-electron chi connectivity index (χ1n) is 8.79. The van der Waals surface area contributed by atoms with E-state index in [1.807, 2.05) is 18.2 Å². The number of nitriles is 1. The molecule has 1 fully saturated rings. The highest BCUT2D eigenvalue weighted by atomic mass is 16.5. The summed E-state index contributed by atoms with van der Waals surface area (Å²) in [6.45, 7) is 0. The Kier molecular flexibility index (Phi) is 5.59. The Morgan fingerprint density at radius 1 is 1.12 bits per heavy atom. The number of nitrogens with one attached hydrogen (secondary N) is 1. The monoisotopic (exact) mass is 352 g/mol. The van der Waals surface area contributed by atoms with Crippen LogP contribution in [0.4, 0.5) is 5.69 Å². The molecule has 6 heteroatoms. The van der Waals surface area contributed by atoms with Gasteiger partial charge in [0.1, 0.15) is 6.07 Å². The van der Waals surface area contributed by atoms with Crippen molar-refractivity contribution in [2.45, 2.75) is 37.8 Å². The summed E-state index contributed by atoms with van der Waals surface area (Å²) in [5.74, 6) is 1.30. The molecule has 0 saturated heterocycles. The minimum absolute atomic E-state index is 0.284. The average Bonchev–Trinajstić information content (AvgIpc) is 2.69. The molecule has 0 spiro atoms. The number of rotatable bonds is 5. The number of hydrogen-bond donors (Lipinski definition) is 2. The lowest BCUT2D eigenvalue weighted by molar-refractivity contribution is 0.355. The molecule has 0 aliphatic heterocycles. The predicted octanol–water partition coefficient (Wildman–Crippen LogP) is 3.32.